The van der Waals surface area contributed by atoms with Gasteiger partial charge >= 0.3 is 0 Å². The number of carbonyl (C=O) groups is 1. The molecule has 4 heteroatoms. The number of halogens is 3. The number of hydrogen-bond acceptors (Lipinski definition) is 1. The van der Waals surface area contributed by atoms with Crippen LogP contribution in [0.4, 0.5) is 0 Å². The van der Waals surface area contributed by atoms with Crippen LogP contribution in [-0.2, 0) is 4.79 Å². The molecule has 0 heterocycles. The number of Topliss-reactive ketones (excluding diaryl/α,β-unsaturated/α-hetero) is 1. The van der Waals surface area contributed by atoms with E-state index in [0.717, 1.165) is 5.56 Å². The van der Waals surface area contributed by atoms with Crippen molar-refractivity contribution in [2.45, 2.75) is 11.8 Å². The zero-order chi connectivity index (χ0) is 10.0. The van der Waals surface area contributed by atoms with Gasteiger partial charge in [-0.25, -0.2) is 0 Å². The predicted octanol–water partition coefficient (Wildman–Crippen LogP) is 4.02. The van der Waals surface area contributed by atoms with Gasteiger partial charge in [0.05, 0.1) is 14.9 Å². The van der Waals surface area contributed by atoms with Gasteiger partial charge in [0.15, 0.2) is 0 Å². The Morgan fingerprint density at radius 2 is 2.00 bits per heavy atom. The Bertz CT molecular complexity index is 338. The highest BCUT2D eigenvalue weighted by Crippen LogP contribution is 2.29. The third-order valence-corrected chi connectivity index (χ3v) is 3.51. The van der Waals surface area contributed by atoms with Gasteiger partial charge in [0, 0.05) is 0 Å². The summed E-state index contributed by atoms with van der Waals surface area (Å²) in [5.41, 5.74) is 0.821. The molecule has 1 aromatic rings. The number of carbonyl (C=O) groups excluding carboxylic acids is 1. The van der Waals surface area contributed by atoms with E-state index in [1.165, 1.54) is 6.92 Å². The van der Waals surface area contributed by atoms with Gasteiger partial charge < -0.3 is 0 Å². The highest BCUT2D eigenvalue weighted by molar-refractivity contribution is 9.09. The minimum atomic E-state index is -0.303. The number of hydrogen-bond donors (Lipinski definition) is 0. The zero-order valence-electron chi connectivity index (χ0n) is 6.85. The second kappa shape index (κ2) is 4.45. The molecule has 1 nitrogen and oxygen atoms in total. The molecule has 0 amide bonds. The molecule has 0 saturated heterocycles. The zero-order valence-corrected chi connectivity index (χ0v) is 9.95. The molecule has 0 aliphatic rings. The highest BCUT2D eigenvalue weighted by atomic mass is 79.9. The molecule has 1 unspecified atom stereocenters. The molecule has 0 N–H and O–H groups in total. The van der Waals surface area contributed by atoms with Crippen molar-refractivity contribution in [3.63, 3.8) is 0 Å². The van der Waals surface area contributed by atoms with Crippen molar-refractivity contribution in [1.82, 2.24) is 0 Å². The lowest BCUT2D eigenvalue weighted by Gasteiger charge is -2.06. The monoisotopic (exact) mass is 280 g/mol. The lowest BCUT2D eigenvalue weighted by Crippen LogP contribution is -2.00. The van der Waals surface area contributed by atoms with E-state index in [4.69, 9.17) is 23.2 Å². The maximum absolute atomic E-state index is 11.0. The quantitative estimate of drug-likeness (QED) is 0.749. The molecule has 1 aromatic carbocycles. The van der Waals surface area contributed by atoms with Gasteiger partial charge in [0.25, 0.3) is 0 Å². The average Bonchev–Trinajstić information content (AvgIpc) is 2.08. The smallest absolute Gasteiger partial charge is 0.147 e. The molecular formula is C9H7BrCl2O. The van der Waals surface area contributed by atoms with Gasteiger partial charge in [-0.1, -0.05) is 45.2 Å². The van der Waals surface area contributed by atoms with Gasteiger partial charge in [-0.2, -0.15) is 0 Å². The summed E-state index contributed by atoms with van der Waals surface area (Å²) in [4.78, 5) is 10.7. The SMILES string of the molecule is CC(=O)C(Br)c1ccc(Cl)c(Cl)c1. The van der Waals surface area contributed by atoms with Crippen molar-refractivity contribution >= 4 is 44.9 Å². The first kappa shape index (κ1) is 11.0. The molecule has 0 aliphatic carbocycles. The summed E-state index contributed by atoms with van der Waals surface area (Å²) < 4.78 is 0. The molecule has 0 fully saturated rings. The Labute approximate surface area is 95.2 Å². The van der Waals surface area contributed by atoms with Crippen LogP contribution in [0, 0.1) is 0 Å². The summed E-state index contributed by atoms with van der Waals surface area (Å²) >= 11 is 14.8. The van der Waals surface area contributed by atoms with Crippen LogP contribution in [0.1, 0.15) is 17.3 Å². The van der Waals surface area contributed by atoms with Crippen molar-refractivity contribution in [2.24, 2.45) is 0 Å². The van der Waals surface area contributed by atoms with Crippen LogP contribution < -0.4 is 0 Å². The average molecular weight is 282 g/mol. The lowest BCUT2D eigenvalue weighted by atomic mass is 10.1. The van der Waals surface area contributed by atoms with E-state index < -0.39 is 0 Å². The van der Waals surface area contributed by atoms with E-state index in [9.17, 15) is 4.79 Å². The number of benzene rings is 1. The molecule has 0 aliphatic heterocycles. The molecule has 1 atom stereocenters. The standard InChI is InChI=1S/C9H7BrCl2O/c1-5(13)9(10)6-2-3-7(11)8(12)4-6/h2-4,9H,1H3. The molecular weight excluding hydrogens is 275 g/mol. The Morgan fingerprint density at radius 1 is 1.38 bits per heavy atom. The normalized spacial score (nSPS) is 12.6. The molecule has 0 radical (unpaired) electrons. The highest BCUT2D eigenvalue weighted by Gasteiger charge is 2.13. The molecule has 0 aromatic heterocycles. The first-order valence-corrected chi connectivity index (χ1v) is 5.29. The number of rotatable bonds is 2. The Hall–Kier alpha value is -0.0500. The maximum atomic E-state index is 11.0. The summed E-state index contributed by atoms with van der Waals surface area (Å²) in [6.45, 7) is 1.52. The lowest BCUT2D eigenvalue weighted by molar-refractivity contribution is -0.116. The Morgan fingerprint density at radius 3 is 2.46 bits per heavy atom. The molecule has 0 bridgehead atoms. The molecule has 1 rings (SSSR count). The third kappa shape index (κ3) is 2.70. The fourth-order valence-corrected chi connectivity index (χ4v) is 1.50. The summed E-state index contributed by atoms with van der Waals surface area (Å²) in [6.07, 6.45) is 0. The largest absolute Gasteiger partial charge is 0.298 e. The fourth-order valence-electron chi connectivity index (χ4n) is 0.905. The summed E-state index contributed by atoms with van der Waals surface area (Å²) in [5, 5.41) is 0.957. The van der Waals surface area contributed by atoms with Gasteiger partial charge in [-0.15, -0.1) is 0 Å². The van der Waals surface area contributed by atoms with Crippen LogP contribution >= 0.6 is 39.1 Å². The van der Waals surface area contributed by atoms with Crippen LogP contribution in [0.2, 0.25) is 10.0 Å². The van der Waals surface area contributed by atoms with E-state index in [1.807, 2.05) is 0 Å². The fraction of sp³-hybridized carbons (Fsp3) is 0.222. The number of ketones is 1. The first-order valence-electron chi connectivity index (χ1n) is 3.62. The third-order valence-electron chi connectivity index (χ3n) is 1.59. The summed E-state index contributed by atoms with van der Waals surface area (Å²) in [7, 11) is 0. The van der Waals surface area contributed by atoms with E-state index in [1.54, 1.807) is 18.2 Å². The van der Waals surface area contributed by atoms with E-state index in [0.29, 0.717) is 10.0 Å². The molecule has 70 valence electrons. The first-order chi connectivity index (χ1) is 6.02. The van der Waals surface area contributed by atoms with Crippen LogP contribution in [0.15, 0.2) is 18.2 Å². The maximum Gasteiger partial charge on any atom is 0.147 e. The molecule has 13 heavy (non-hydrogen) atoms. The van der Waals surface area contributed by atoms with Crippen molar-refractivity contribution < 1.29 is 4.79 Å². The summed E-state index contributed by atoms with van der Waals surface area (Å²) in [6, 6.07) is 5.14. The minimum Gasteiger partial charge on any atom is -0.298 e. The van der Waals surface area contributed by atoms with Gasteiger partial charge in [0.1, 0.15) is 5.78 Å². The van der Waals surface area contributed by atoms with E-state index in [2.05, 4.69) is 15.9 Å². The summed E-state index contributed by atoms with van der Waals surface area (Å²) in [5.74, 6) is 0.0402. The Balaban J connectivity index is 3.03. The van der Waals surface area contributed by atoms with Crippen molar-refractivity contribution in [3.05, 3.63) is 33.8 Å². The van der Waals surface area contributed by atoms with Crippen molar-refractivity contribution in [3.8, 4) is 0 Å². The van der Waals surface area contributed by atoms with Crippen LogP contribution in [-0.4, -0.2) is 5.78 Å². The number of alkyl halides is 1. The van der Waals surface area contributed by atoms with E-state index in [-0.39, 0.29) is 10.6 Å². The predicted molar refractivity (Wildman–Crippen MR) is 58.8 cm³/mol. The van der Waals surface area contributed by atoms with Crippen molar-refractivity contribution in [2.75, 3.05) is 0 Å². The van der Waals surface area contributed by atoms with Crippen LogP contribution in [0.25, 0.3) is 0 Å². The van der Waals surface area contributed by atoms with Crippen LogP contribution in [0.3, 0.4) is 0 Å². The van der Waals surface area contributed by atoms with Gasteiger partial charge in [-0.05, 0) is 24.6 Å². The second-order valence-corrected chi connectivity index (χ2v) is 4.38. The van der Waals surface area contributed by atoms with Gasteiger partial charge in [-0.3, -0.25) is 4.79 Å². The van der Waals surface area contributed by atoms with E-state index >= 15 is 0 Å². The Kier molecular flexibility index (Phi) is 3.77. The topological polar surface area (TPSA) is 17.1 Å². The van der Waals surface area contributed by atoms with Crippen LogP contribution in [0.5, 0.6) is 0 Å². The molecule has 0 spiro atoms. The van der Waals surface area contributed by atoms with Crippen molar-refractivity contribution in [1.29, 1.82) is 0 Å². The van der Waals surface area contributed by atoms with Gasteiger partial charge in [0.2, 0.25) is 0 Å². The molecule has 0 saturated carbocycles. The second-order valence-electron chi connectivity index (χ2n) is 2.65. The minimum absolute atomic E-state index is 0.0402.